The van der Waals surface area contributed by atoms with E-state index in [0.29, 0.717) is 12.1 Å². The number of nitrogens with one attached hydrogen (secondary N) is 2. The SMILES string of the molecule is CCNC(=NCC1CN(C)CCN1C)NC1CC(C)CC(C)C1. The number of aliphatic imine (C=N–C) groups is 1. The second-order valence-electron chi connectivity index (χ2n) is 7.88. The Balaban J connectivity index is 1.91. The number of rotatable bonds is 4. The Morgan fingerprint density at radius 3 is 2.43 bits per heavy atom. The van der Waals surface area contributed by atoms with E-state index in [0.717, 1.165) is 50.5 Å². The number of likely N-dealkylation sites (N-methyl/N-ethyl adjacent to an activating group) is 2. The summed E-state index contributed by atoms with van der Waals surface area (Å²) in [6.07, 6.45) is 3.90. The zero-order chi connectivity index (χ0) is 16.8. The molecule has 2 aliphatic rings. The molecule has 0 aromatic carbocycles. The molecule has 23 heavy (non-hydrogen) atoms. The fraction of sp³-hybridized carbons (Fsp3) is 0.944. The lowest BCUT2D eigenvalue weighted by Gasteiger charge is -2.37. The molecule has 1 heterocycles. The maximum absolute atomic E-state index is 4.89. The van der Waals surface area contributed by atoms with E-state index in [9.17, 15) is 0 Å². The average Bonchev–Trinajstić information content (AvgIpc) is 2.47. The third-order valence-corrected chi connectivity index (χ3v) is 5.30. The van der Waals surface area contributed by atoms with Crippen molar-refractivity contribution in [3.05, 3.63) is 0 Å². The van der Waals surface area contributed by atoms with E-state index in [-0.39, 0.29) is 0 Å². The van der Waals surface area contributed by atoms with Gasteiger partial charge in [-0.2, -0.15) is 0 Å². The molecule has 5 nitrogen and oxygen atoms in total. The van der Waals surface area contributed by atoms with E-state index in [1.807, 2.05) is 0 Å². The van der Waals surface area contributed by atoms with Crippen molar-refractivity contribution in [2.45, 2.75) is 52.1 Å². The van der Waals surface area contributed by atoms with Crippen LogP contribution in [0.15, 0.2) is 4.99 Å². The minimum absolute atomic E-state index is 0.522. The zero-order valence-electron chi connectivity index (χ0n) is 15.8. The predicted molar refractivity (Wildman–Crippen MR) is 99.0 cm³/mol. The molecular weight excluding hydrogens is 286 g/mol. The normalized spacial score (nSPS) is 34.4. The van der Waals surface area contributed by atoms with Crippen LogP contribution in [0.5, 0.6) is 0 Å². The number of nitrogens with zero attached hydrogens (tertiary/aromatic N) is 3. The molecule has 2 rings (SSSR count). The fourth-order valence-electron chi connectivity index (χ4n) is 4.07. The maximum atomic E-state index is 4.89. The van der Waals surface area contributed by atoms with E-state index in [4.69, 9.17) is 4.99 Å². The van der Waals surface area contributed by atoms with Crippen LogP contribution in [0.25, 0.3) is 0 Å². The van der Waals surface area contributed by atoms with Crippen molar-refractivity contribution in [2.75, 3.05) is 46.8 Å². The first-order chi connectivity index (χ1) is 11.0. The summed E-state index contributed by atoms with van der Waals surface area (Å²) in [7, 11) is 4.43. The van der Waals surface area contributed by atoms with E-state index in [2.05, 4.69) is 55.3 Å². The standard InChI is InChI=1S/C18H37N5/c1-6-19-18(21-16-10-14(2)9-15(3)11-16)20-12-17-13-22(4)7-8-23(17)5/h14-17H,6-13H2,1-5H3,(H2,19,20,21). The summed E-state index contributed by atoms with van der Waals surface area (Å²) in [4.78, 5) is 9.74. The second-order valence-corrected chi connectivity index (χ2v) is 7.88. The minimum Gasteiger partial charge on any atom is -0.357 e. The Hall–Kier alpha value is -0.810. The van der Waals surface area contributed by atoms with Gasteiger partial charge in [0.2, 0.25) is 0 Å². The minimum atomic E-state index is 0.522. The van der Waals surface area contributed by atoms with Crippen LogP contribution in [-0.4, -0.2) is 74.7 Å². The molecule has 1 saturated heterocycles. The van der Waals surface area contributed by atoms with Crippen LogP contribution in [0, 0.1) is 11.8 Å². The molecule has 1 aliphatic carbocycles. The molecule has 3 atom stereocenters. The van der Waals surface area contributed by atoms with Gasteiger partial charge in [0.15, 0.2) is 5.96 Å². The summed E-state index contributed by atoms with van der Waals surface area (Å²) in [5.41, 5.74) is 0. The average molecular weight is 324 g/mol. The molecule has 1 saturated carbocycles. The highest BCUT2D eigenvalue weighted by Crippen LogP contribution is 2.28. The van der Waals surface area contributed by atoms with E-state index < -0.39 is 0 Å². The van der Waals surface area contributed by atoms with Gasteiger partial charge in [-0.25, -0.2) is 0 Å². The van der Waals surface area contributed by atoms with Crippen molar-refractivity contribution in [1.82, 2.24) is 20.4 Å². The first-order valence-electron chi connectivity index (χ1n) is 9.41. The molecule has 0 aromatic rings. The van der Waals surface area contributed by atoms with Crippen LogP contribution >= 0.6 is 0 Å². The summed E-state index contributed by atoms with van der Waals surface area (Å²) in [5, 5.41) is 7.12. The summed E-state index contributed by atoms with van der Waals surface area (Å²) in [6.45, 7) is 12.1. The fourth-order valence-corrected chi connectivity index (χ4v) is 4.07. The van der Waals surface area contributed by atoms with Gasteiger partial charge in [0.1, 0.15) is 0 Å². The third-order valence-electron chi connectivity index (χ3n) is 5.30. The Labute approximate surface area is 142 Å². The Morgan fingerprint density at radius 1 is 1.09 bits per heavy atom. The van der Waals surface area contributed by atoms with Gasteiger partial charge in [0, 0.05) is 38.3 Å². The molecule has 0 spiro atoms. The highest BCUT2D eigenvalue weighted by Gasteiger charge is 2.25. The lowest BCUT2D eigenvalue weighted by atomic mass is 9.80. The highest BCUT2D eigenvalue weighted by molar-refractivity contribution is 5.80. The molecular formula is C18H37N5. The molecule has 5 heteroatoms. The van der Waals surface area contributed by atoms with Crippen molar-refractivity contribution >= 4 is 5.96 Å². The van der Waals surface area contributed by atoms with E-state index in [1.54, 1.807) is 0 Å². The Morgan fingerprint density at radius 2 is 1.78 bits per heavy atom. The number of guanidine groups is 1. The largest absolute Gasteiger partial charge is 0.357 e. The third kappa shape index (κ3) is 5.96. The van der Waals surface area contributed by atoms with Gasteiger partial charge in [0.25, 0.3) is 0 Å². The number of hydrogen-bond donors (Lipinski definition) is 2. The van der Waals surface area contributed by atoms with Crippen molar-refractivity contribution in [3.8, 4) is 0 Å². The maximum Gasteiger partial charge on any atom is 0.191 e. The van der Waals surface area contributed by atoms with Crippen LogP contribution in [0.4, 0.5) is 0 Å². The Kier molecular flexibility index (Phi) is 7.15. The van der Waals surface area contributed by atoms with E-state index >= 15 is 0 Å². The van der Waals surface area contributed by atoms with Crippen molar-refractivity contribution < 1.29 is 0 Å². The lowest BCUT2D eigenvalue weighted by Crippen LogP contribution is -2.52. The molecule has 2 N–H and O–H groups in total. The first kappa shape index (κ1) is 18.5. The molecule has 1 aliphatic heterocycles. The Bertz CT molecular complexity index is 374. The van der Waals surface area contributed by atoms with Crippen LogP contribution < -0.4 is 10.6 Å². The van der Waals surface area contributed by atoms with Gasteiger partial charge in [-0.15, -0.1) is 0 Å². The number of hydrogen-bond acceptors (Lipinski definition) is 3. The summed E-state index contributed by atoms with van der Waals surface area (Å²) in [6, 6.07) is 1.09. The highest BCUT2D eigenvalue weighted by atomic mass is 15.3. The number of piperazine rings is 1. The van der Waals surface area contributed by atoms with Crippen LogP contribution in [0.2, 0.25) is 0 Å². The predicted octanol–water partition coefficient (Wildman–Crippen LogP) is 1.61. The molecule has 0 bridgehead atoms. The van der Waals surface area contributed by atoms with Crippen LogP contribution in [0.3, 0.4) is 0 Å². The van der Waals surface area contributed by atoms with Crippen LogP contribution in [-0.2, 0) is 0 Å². The monoisotopic (exact) mass is 323 g/mol. The van der Waals surface area contributed by atoms with Crippen molar-refractivity contribution in [1.29, 1.82) is 0 Å². The summed E-state index contributed by atoms with van der Waals surface area (Å²) < 4.78 is 0. The molecule has 0 radical (unpaired) electrons. The molecule has 134 valence electrons. The van der Waals surface area contributed by atoms with Crippen molar-refractivity contribution in [2.24, 2.45) is 16.8 Å². The molecule has 0 aromatic heterocycles. The first-order valence-corrected chi connectivity index (χ1v) is 9.41. The summed E-state index contributed by atoms with van der Waals surface area (Å²) >= 11 is 0. The smallest absolute Gasteiger partial charge is 0.191 e. The molecule has 0 amide bonds. The van der Waals surface area contributed by atoms with Crippen molar-refractivity contribution in [3.63, 3.8) is 0 Å². The lowest BCUT2D eigenvalue weighted by molar-refractivity contribution is 0.119. The van der Waals surface area contributed by atoms with Gasteiger partial charge in [-0.1, -0.05) is 13.8 Å². The van der Waals surface area contributed by atoms with Gasteiger partial charge >= 0.3 is 0 Å². The van der Waals surface area contributed by atoms with Gasteiger partial charge < -0.3 is 15.5 Å². The van der Waals surface area contributed by atoms with Gasteiger partial charge in [-0.3, -0.25) is 9.89 Å². The van der Waals surface area contributed by atoms with Gasteiger partial charge in [-0.05, 0) is 52.1 Å². The quantitative estimate of drug-likeness (QED) is 0.609. The van der Waals surface area contributed by atoms with E-state index in [1.165, 1.54) is 19.3 Å². The molecule has 3 unspecified atom stereocenters. The second kappa shape index (κ2) is 8.88. The van der Waals surface area contributed by atoms with Crippen LogP contribution in [0.1, 0.15) is 40.0 Å². The molecule has 2 fully saturated rings. The summed E-state index contributed by atoms with van der Waals surface area (Å²) in [5.74, 6) is 2.63. The topological polar surface area (TPSA) is 42.9 Å². The zero-order valence-corrected chi connectivity index (χ0v) is 15.8. The van der Waals surface area contributed by atoms with Gasteiger partial charge in [0.05, 0.1) is 6.54 Å².